The number of hydrogen-bond acceptors (Lipinski definition) is 3. The molecule has 0 fully saturated rings. The maximum absolute atomic E-state index is 10.9. The van der Waals surface area contributed by atoms with E-state index in [1.165, 1.54) is 11.1 Å². The molecule has 0 aliphatic heterocycles. The monoisotopic (exact) mass is 326 g/mol. The number of carbonyl (C=O) groups is 1. The van der Waals surface area contributed by atoms with Crippen LogP contribution in [0.15, 0.2) is 48.5 Å². The number of carboxylic acids is 1. The lowest BCUT2D eigenvalue weighted by atomic mass is 9.95. The van der Waals surface area contributed by atoms with E-state index in [1.54, 1.807) is 12.1 Å². The van der Waals surface area contributed by atoms with Crippen molar-refractivity contribution in [2.45, 2.75) is 32.5 Å². The Labute approximate surface area is 144 Å². The Morgan fingerprint density at radius 3 is 2.29 bits per heavy atom. The Morgan fingerprint density at radius 1 is 1.12 bits per heavy atom. The Hall–Kier alpha value is -2.17. The molecule has 2 N–H and O–H groups in total. The van der Waals surface area contributed by atoms with Crippen LogP contribution in [0, 0.1) is 6.92 Å². The summed E-state index contributed by atoms with van der Waals surface area (Å²) in [6, 6.07) is 16.0. The molecule has 0 spiro atoms. The fourth-order valence-electron chi connectivity index (χ4n) is 3.07. The Kier molecular flexibility index (Phi) is 6.12. The van der Waals surface area contributed by atoms with Crippen LogP contribution in [0.4, 0.5) is 0 Å². The summed E-state index contributed by atoms with van der Waals surface area (Å²) in [5.41, 5.74) is 4.01. The van der Waals surface area contributed by atoms with Crippen molar-refractivity contribution in [3.63, 3.8) is 0 Å². The first-order valence-corrected chi connectivity index (χ1v) is 8.17. The molecule has 4 heteroatoms. The Balaban J connectivity index is 2.07. The lowest BCUT2D eigenvalue weighted by Gasteiger charge is -2.32. The highest BCUT2D eigenvalue weighted by Crippen LogP contribution is 2.25. The summed E-state index contributed by atoms with van der Waals surface area (Å²) in [4.78, 5) is 13.1. The van der Waals surface area contributed by atoms with Crippen LogP contribution in [0.3, 0.4) is 0 Å². The van der Waals surface area contributed by atoms with Crippen molar-refractivity contribution in [1.29, 1.82) is 0 Å². The van der Waals surface area contributed by atoms with Crippen molar-refractivity contribution in [2.24, 2.45) is 0 Å². The summed E-state index contributed by atoms with van der Waals surface area (Å²) in [7, 11) is 4.19. The first kappa shape index (κ1) is 18.2. The zero-order valence-electron chi connectivity index (χ0n) is 14.8. The second-order valence-electron chi connectivity index (χ2n) is 6.44. The smallest absolute Gasteiger partial charge is 0.335 e. The molecular weight excluding hydrogens is 300 g/mol. The predicted molar refractivity (Wildman–Crippen MR) is 97.3 cm³/mol. The molecule has 0 aliphatic rings. The number of rotatable bonds is 7. The van der Waals surface area contributed by atoms with Crippen molar-refractivity contribution in [2.75, 3.05) is 14.1 Å². The fourth-order valence-corrected chi connectivity index (χ4v) is 3.07. The molecule has 24 heavy (non-hydrogen) atoms. The second kappa shape index (κ2) is 8.08. The third-order valence-electron chi connectivity index (χ3n) is 4.37. The highest BCUT2D eigenvalue weighted by atomic mass is 16.4. The van der Waals surface area contributed by atoms with Gasteiger partial charge in [-0.3, -0.25) is 0 Å². The Morgan fingerprint density at radius 2 is 1.75 bits per heavy atom. The molecule has 0 aliphatic carbocycles. The maximum atomic E-state index is 10.9. The standard InChI is InChI=1S/C20H26N2O2/c1-14-7-5-6-8-18(14)19(22(3)4)15(2)21-13-16-9-11-17(12-10-16)20(23)24/h5-12,15,19,21H,13H2,1-4H3,(H,23,24). The number of aryl methyl sites for hydroxylation is 1. The first-order valence-electron chi connectivity index (χ1n) is 8.17. The molecule has 2 unspecified atom stereocenters. The van der Waals surface area contributed by atoms with Gasteiger partial charge in [0.2, 0.25) is 0 Å². The van der Waals surface area contributed by atoms with E-state index in [0.29, 0.717) is 12.1 Å². The van der Waals surface area contributed by atoms with Gasteiger partial charge in [-0.1, -0.05) is 36.4 Å². The van der Waals surface area contributed by atoms with Crippen LogP contribution in [0.2, 0.25) is 0 Å². The van der Waals surface area contributed by atoms with Crippen molar-refractivity contribution < 1.29 is 9.90 Å². The molecule has 2 aromatic rings. The molecule has 0 radical (unpaired) electrons. The SMILES string of the molecule is Cc1ccccc1C(C(C)NCc1ccc(C(=O)O)cc1)N(C)C. The first-order chi connectivity index (χ1) is 11.4. The minimum atomic E-state index is -0.893. The van der Waals surface area contributed by atoms with Gasteiger partial charge in [0.1, 0.15) is 0 Å². The Bertz CT molecular complexity index is 680. The minimum absolute atomic E-state index is 0.250. The highest BCUT2D eigenvalue weighted by Gasteiger charge is 2.22. The number of likely N-dealkylation sites (N-methyl/N-ethyl adjacent to an activating group) is 1. The average molecular weight is 326 g/mol. The molecule has 0 amide bonds. The zero-order valence-corrected chi connectivity index (χ0v) is 14.8. The van der Waals surface area contributed by atoms with Crippen LogP contribution in [0.5, 0.6) is 0 Å². The van der Waals surface area contributed by atoms with Crippen molar-refractivity contribution in [3.05, 3.63) is 70.8 Å². The van der Waals surface area contributed by atoms with Gasteiger partial charge in [0.05, 0.1) is 5.56 Å². The minimum Gasteiger partial charge on any atom is -0.478 e. The number of aromatic carboxylic acids is 1. The molecule has 2 atom stereocenters. The van der Waals surface area contributed by atoms with Gasteiger partial charge in [0.25, 0.3) is 0 Å². The topological polar surface area (TPSA) is 52.6 Å². The lowest BCUT2D eigenvalue weighted by Crippen LogP contribution is -2.39. The van der Waals surface area contributed by atoms with Crippen LogP contribution >= 0.6 is 0 Å². The number of nitrogens with zero attached hydrogens (tertiary/aromatic N) is 1. The molecule has 0 saturated carbocycles. The van der Waals surface area contributed by atoms with Crippen molar-refractivity contribution in [1.82, 2.24) is 10.2 Å². The molecule has 0 heterocycles. The largest absolute Gasteiger partial charge is 0.478 e. The summed E-state index contributed by atoms with van der Waals surface area (Å²) in [5, 5.41) is 12.5. The van der Waals surface area contributed by atoms with Gasteiger partial charge in [-0.25, -0.2) is 4.79 Å². The van der Waals surface area contributed by atoms with Gasteiger partial charge < -0.3 is 15.3 Å². The van der Waals surface area contributed by atoms with Gasteiger partial charge in [-0.05, 0) is 56.8 Å². The van der Waals surface area contributed by atoms with E-state index in [4.69, 9.17) is 5.11 Å². The van der Waals surface area contributed by atoms with Crippen LogP contribution in [-0.2, 0) is 6.54 Å². The number of benzene rings is 2. The maximum Gasteiger partial charge on any atom is 0.335 e. The third-order valence-corrected chi connectivity index (χ3v) is 4.37. The molecule has 4 nitrogen and oxygen atoms in total. The van der Waals surface area contributed by atoms with E-state index in [2.05, 4.69) is 62.4 Å². The summed E-state index contributed by atoms with van der Waals surface area (Å²) in [6.45, 7) is 5.03. The van der Waals surface area contributed by atoms with Crippen molar-refractivity contribution in [3.8, 4) is 0 Å². The highest BCUT2D eigenvalue weighted by molar-refractivity contribution is 5.87. The predicted octanol–water partition coefficient (Wildman–Crippen LogP) is 3.47. The quantitative estimate of drug-likeness (QED) is 0.818. The second-order valence-corrected chi connectivity index (χ2v) is 6.44. The van der Waals surface area contributed by atoms with E-state index >= 15 is 0 Å². The van der Waals surface area contributed by atoms with Gasteiger partial charge in [-0.2, -0.15) is 0 Å². The third kappa shape index (κ3) is 4.43. The van der Waals surface area contributed by atoms with Gasteiger partial charge >= 0.3 is 5.97 Å². The average Bonchev–Trinajstić information content (AvgIpc) is 2.55. The molecule has 2 aromatic carbocycles. The number of nitrogens with one attached hydrogen (secondary N) is 1. The lowest BCUT2D eigenvalue weighted by molar-refractivity contribution is 0.0697. The molecule has 0 aromatic heterocycles. The van der Waals surface area contributed by atoms with Gasteiger partial charge in [0, 0.05) is 18.6 Å². The van der Waals surface area contributed by atoms with E-state index < -0.39 is 5.97 Å². The van der Waals surface area contributed by atoms with Crippen LogP contribution in [-0.4, -0.2) is 36.1 Å². The molecule has 2 rings (SSSR count). The van der Waals surface area contributed by atoms with E-state index in [0.717, 1.165) is 5.56 Å². The van der Waals surface area contributed by atoms with E-state index in [-0.39, 0.29) is 12.1 Å². The van der Waals surface area contributed by atoms with Crippen LogP contribution in [0.25, 0.3) is 0 Å². The molecule has 128 valence electrons. The van der Waals surface area contributed by atoms with Crippen molar-refractivity contribution >= 4 is 5.97 Å². The fraction of sp³-hybridized carbons (Fsp3) is 0.350. The summed E-state index contributed by atoms with van der Waals surface area (Å²) >= 11 is 0. The van der Waals surface area contributed by atoms with Gasteiger partial charge in [-0.15, -0.1) is 0 Å². The van der Waals surface area contributed by atoms with E-state index in [9.17, 15) is 4.79 Å². The van der Waals surface area contributed by atoms with E-state index in [1.807, 2.05) is 12.1 Å². The zero-order chi connectivity index (χ0) is 17.7. The molecule has 0 bridgehead atoms. The summed E-state index contributed by atoms with van der Waals surface area (Å²) in [6.07, 6.45) is 0. The summed E-state index contributed by atoms with van der Waals surface area (Å²) < 4.78 is 0. The molecular formula is C20H26N2O2. The summed E-state index contributed by atoms with van der Waals surface area (Å²) in [5.74, 6) is -0.893. The van der Waals surface area contributed by atoms with Crippen LogP contribution < -0.4 is 5.32 Å². The number of hydrogen-bond donors (Lipinski definition) is 2. The number of carboxylic acid groups (broad SMARTS) is 1. The molecule has 0 saturated heterocycles. The normalized spacial score (nSPS) is 13.7. The van der Waals surface area contributed by atoms with Gasteiger partial charge in [0.15, 0.2) is 0 Å². The van der Waals surface area contributed by atoms with Crippen LogP contribution in [0.1, 0.15) is 40.0 Å².